The van der Waals surface area contributed by atoms with Gasteiger partial charge in [-0.3, -0.25) is 14.5 Å². The highest BCUT2D eigenvalue weighted by atomic mass is 19.1. The van der Waals surface area contributed by atoms with Crippen LogP contribution in [0.1, 0.15) is 18.0 Å². The maximum Gasteiger partial charge on any atom is 0.244 e. The van der Waals surface area contributed by atoms with Crippen molar-refractivity contribution in [3.8, 4) is 0 Å². The number of benzene rings is 1. The van der Waals surface area contributed by atoms with Crippen molar-refractivity contribution >= 4 is 11.8 Å². The first-order chi connectivity index (χ1) is 9.86. The van der Waals surface area contributed by atoms with Crippen LogP contribution in [-0.4, -0.2) is 56.3 Å². The summed E-state index contributed by atoms with van der Waals surface area (Å²) in [7, 11) is 6.80. The lowest BCUT2D eigenvalue weighted by molar-refractivity contribution is -0.135. The molecule has 0 bridgehead atoms. The van der Waals surface area contributed by atoms with E-state index in [4.69, 9.17) is 0 Å². The molecule has 0 aliphatic rings. The maximum absolute atomic E-state index is 13.0. The van der Waals surface area contributed by atoms with Crippen LogP contribution in [0.4, 0.5) is 4.39 Å². The first-order valence-electron chi connectivity index (χ1n) is 6.74. The van der Waals surface area contributed by atoms with Gasteiger partial charge in [0, 0.05) is 27.1 Å². The standard InChI is InChI=1S/C15H22FN3O2/c1-17-13(20)9-10-19(4)15(21)14(18(2)3)11-5-7-12(16)8-6-11/h5-8,14H,9-10H2,1-4H3,(H,17,20)/t14-/m0/s1. The number of nitrogens with zero attached hydrogens (tertiary/aromatic N) is 2. The maximum atomic E-state index is 13.0. The summed E-state index contributed by atoms with van der Waals surface area (Å²) < 4.78 is 13.0. The third-order valence-corrected chi connectivity index (χ3v) is 3.27. The second kappa shape index (κ2) is 7.73. The average Bonchev–Trinajstić information content (AvgIpc) is 2.46. The molecule has 116 valence electrons. The summed E-state index contributed by atoms with van der Waals surface area (Å²) in [5, 5.41) is 2.52. The second-order valence-corrected chi connectivity index (χ2v) is 5.10. The first-order valence-corrected chi connectivity index (χ1v) is 6.74. The van der Waals surface area contributed by atoms with Gasteiger partial charge in [-0.2, -0.15) is 0 Å². The molecule has 0 unspecified atom stereocenters. The van der Waals surface area contributed by atoms with Crippen LogP contribution in [-0.2, 0) is 9.59 Å². The molecule has 1 rings (SSSR count). The Morgan fingerprint density at radius 2 is 1.76 bits per heavy atom. The van der Waals surface area contributed by atoms with Crippen LogP contribution in [0.2, 0.25) is 0 Å². The van der Waals surface area contributed by atoms with Crippen LogP contribution in [0.15, 0.2) is 24.3 Å². The molecule has 0 saturated carbocycles. The van der Waals surface area contributed by atoms with E-state index in [2.05, 4.69) is 5.32 Å². The van der Waals surface area contributed by atoms with E-state index in [0.29, 0.717) is 6.54 Å². The van der Waals surface area contributed by atoms with Crippen molar-refractivity contribution in [1.29, 1.82) is 0 Å². The molecule has 0 fully saturated rings. The number of rotatable bonds is 6. The number of hydrogen-bond acceptors (Lipinski definition) is 3. The average molecular weight is 295 g/mol. The topological polar surface area (TPSA) is 52.7 Å². The monoisotopic (exact) mass is 295 g/mol. The number of hydrogen-bond donors (Lipinski definition) is 1. The Balaban J connectivity index is 2.82. The van der Waals surface area contributed by atoms with E-state index in [1.54, 1.807) is 45.2 Å². The normalized spacial score (nSPS) is 12.1. The Hall–Kier alpha value is -1.95. The minimum atomic E-state index is -0.500. The number of likely N-dealkylation sites (N-methyl/N-ethyl adjacent to an activating group) is 2. The summed E-state index contributed by atoms with van der Waals surface area (Å²) in [4.78, 5) is 27.1. The van der Waals surface area contributed by atoms with Crippen LogP contribution in [0.25, 0.3) is 0 Å². The zero-order valence-corrected chi connectivity index (χ0v) is 12.9. The van der Waals surface area contributed by atoms with E-state index in [-0.39, 0.29) is 24.1 Å². The summed E-state index contributed by atoms with van der Waals surface area (Å²) in [5.74, 6) is -0.579. The fourth-order valence-electron chi connectivity index (χ4n) is 2.02. The Labute approximate surface area is 124 Å². The highest BCUT2D eigenvalue weighted by molar-refractivity contribution is 5.84. The molecule has 21 heavy (non-hydrogen) atoms. The molecule has 1 aromatic carbocycles. The van der Waals surface area contributed by atoms with Gasteiger partial charge in [0.1, 0.15) is 11.9 Å². The molecule has 6 heteroatoms. The van der Waals surface area contributed by atoms with Crippen LogP contribution >= 0.6 is 0 Å². The molecule has 1 N–H and O–H groups in total. The summed E-state index contributed by atoms with van der Waals surface area (Å²) in [5.41, 5.74) is 0.721. The Bertz CT molecular complexity index is 488. The summed E-state index contributed by atoms with van der Waals surface area (Å²) in [6.07, 6.45) is 0.252. The van der Waals surface area contributed by atoms with E-state index in [9.17, 15) is 14.0 Å². The number of carbonyl (C=O) groups excluding carboxylic acids is 2. The number of carbonyl (C=O) groups is 2. The highest BCUT2D eigenvalue weighted by Gasteiger charge is 2.26. The Morgan fingerprint density at radius 1 is 1.19 bits per heavy atom. The van der Waals surface area contributed by atoms with Crippen molar-refractivity contribution in [3.05, 3.63) is 35.6 Å². The molecule has 0 aliphatic heterocycles. The summed E-state index contributed by atoms with van der Waals surface area (Å²) in [6, 6.07) is 5.38. The molecular weight excluding hydrogens is 273 g/mol. The highest BCUT2D eigenvalue weighted by Crippen LogP contribution is 2.21. The van der Waals surface area contributed by atoms with Gasteiger partial charge in [-0.05, 0) is 31.8 Å². The van der Waals surface area contributed by atoms with Gasteiger partial charge in [-0.15, -0.1) is 0 Å². The SMILES string of the molecule is CNC(=O)CCN(C)C(=O)[C@H](c1ccc(F)cc1)N(C)C. The molecule has 0 saturated heterocycles. The van der Waals surface area contributed by atoms with Crippen molar-refractivity contribution in [1.82, 2.24) is 15.1 Å². The van der Waals surface area contributed by atoms with Gasteiger partial charge < -0.3 is 10.2 Å². The fraction of sp³-hybridized carbons (Fsp3) is 0.467. The van der Waals surface area contributed by atoms with Crippen molar-refractivity contribution in [2.75, 3.05) is 34.7 Å². The number of halogens is 1. The van der Waals surface area contributed by atoms with Crippen LogP contribution in [0, 0.1) is 5.82 Å². The lowest BCUT2D eigenvalue weighted by Gasteiger charge is -2.28. The molecule has 0 radical (unpaired) electrons. The van der Waals surface area contributed by atoms with Gasteiger partial charge in [0.15, 0.2) is 0 Å². The lowest BCUT2D eigenvalue weighted by Crippen LogP contribution is -2.39. The lowest BCUT2D eigenvalue weighted by atomic mass is 10.0. The minimum Gasteiger partial charge on any atom is -0.359 e. The minimum absolute atomic E-state index is 0.113. The Kier molecular flexibility index (Phi) is 6.30. The Morgan fingerprint density at radius 3 is 2.24 bits per heavy atom. The summed E-state index contributed by atoms with van der Waals surface area (Å²) >= 11 is 0. The van der Waals surface area contributed by atoms with E-state index >= 15 is 0 Å². The first kappa shape index (κ1) is 17.1. The smallest absolute Gasteiger partial charge is 0.244 e. The van der Waals surface area contributed by atoms with Gasteiger partial charge >= 0.3 is 0 Å². The molecular formula is C15H22FN3O2. The largest absolute Gasteiger partial charge is 0.359 e. The fourth-order valence-corrected chi connectivity index (χ4v) is 2.02. The molecule has 0 spiro atoms. The van der Waals surface area contributed by atoms with E-state index in [0.717, 1.165) is 5.56 Å². The molecule has 0 aromatic heterocycles. The quantitative estimate of drug-likeness (QED) is 0.852. The third kappa shape index (κ3) is 4.82. The van der Waals surface area contributed by atoms with Gasteiger partial charge in [0.2, 0.25) is 11.8 Å². The van der Waals surface area contributed by atoms with Gasteiger partial charge in [-0.25, -0.2) is 4.39 Å². The number of amides is 2. The van der Waals surface area contributed by atoms with Crippen LogP contribution < -0.4 is 5.32 Å². The molecule has 1 atom stereocenters. The van der Waals surface area contributed by atoms with Gasteiger partial charge in [-0.1, -0.05) is 12.1 Å². The number of nitrogens with one attached hydrogen (secondary N) is 1. The molecule has 0 heterocycles. The molecule has 2 amide bonds. The second-order valence-electron chi connectivity index (χ2n) is 5.10. The van der Waals surface area contributed by atoms with E-state index in [1.165, 1.54) is 17.0 Å². The summed E-state index contributed by atoms with van der Waals surface area (Å²) in [6.45, 7) is 0.337. The predicted molar refractivity (Wildman–Crippen MR) is 79.1 cm³/mol. The van der Waals surface area contributed by atoms with E-state index in [1.807, 2.05) is 0 Å². The van der Waals surface area contributed by atoms with Crippen molar-refractivity contribution in [2.45, 2.75) is 12.5 Å². The van der Waals surface area contributed by atoms with Crippen LogP contribution in [0.5, 0.6) is 0 Å². The van der Waals surface area contributed by atoms with Gasteiger partial charge in [0.25, 0.3) is 0 Å². The van der Waals surface area contributed by atoms with E-state index < -0.39 is 6.04 Å². The van der Waals surface area contributed by atoms with Crippen LogP contribution in [0.3, 0.4) is 0 Å². The third-order valence-electron chi connectivity index (χ3n) is 3.27. The predicted octanol–water partition coefficient (Wildman–Crippen LogP) is 1.02. The molecule has 0 aliphatic carbocycles. The van der Waals surface area contributed by atoms with Gasteiger partial charge in [0.05, 0.1) is 0 Å². The zero-order valence-electron chi connectivity index (χ0n) is 12.9. The van der Waals surface area contributed by atoms with Crippen molar-refractivity contribution < 1.29 is 14.0 Å². The van der Waals surface area contributed by atoms with Crippen molar-refractivity contribution in [3.63, 3.8) is 0 Å². The zero-order chi connectivity index (χ0) is 16.0. The molecule has 5 nitrogen and oxygen atoms in total. The van der Waals surface area contributed by atoms with Crippen molar-refractivity contribution in [2.24, 2.45) is 0 Å². The molecule has 1 aromatic rings.